The monoisotopic (exact) mass is 686 g/mol. The van der Waals surface area contributed by atoms with Crippen LogP contribution in [0.15, 0.2) is 192 Å². The highest BCUT2D eigenvalue weighted by Gasteiger charge is 2.51. The van der Waals surface area contributed by atoms with Crippen molar-refractivity contribution in [2.75, 3.05) is 0 Å². The number of nitrogens with zero attached hydrogens (tertiary/aromatic N) is 2. The van der Waals surface area contributed by atoms with Gasteiger partial charge >= 0.3 is 0 Å². The Morgan fingerprint density at radius 1 is 0.365 bits per heavy atom. The quantitative estimate of drug-likeness (QED) is 0.186. The predicted octanol–water partition coefficient (Wildman–Crippen LogP) is 10.7. The highest BCUT2D eigenvalue weighted by Crippen LogP contribution is 2.59. The predicted molar refractivity (Wildman–Crippen MR) is 207 cm³/mol. The largest absolute Gasteiger partial charge is 0.228 e. The fourth-order valence-electron chi connectivity index (χ4n) is 8.33. The van der Waals surface area contributed by atoms with Gasteiger partial charge in [-0.2, -0.15) is 0 Å². The Kier molecular flexibility index (Phi) is 6.76. The van der Waals surface area contributed by atoms with Crippen LogP contribution in [0.25, 0.3) is 56.2 Å². The van der Waals surface area contributed by atoms with Crippen LogP contribution in [0.4, 0.5) is 0 Å². The molecule has 0 unspecified atom stereocenters. The van der Waals surface area contributed by atoms with Gasteiger partial charge in [0.1, 0.15) is 0 Å². The zero-order valence-corrected chi connectivity index (χ0v) is 28.8. The number of sulfone groups is 1. The Morgan fingerprint density at radius 2 is 0.808 bits per heavy atom. The topological polar surface area (TPSA) is 59.9 Å². The van der Waals surface area contributed by atoms with Gasteiger partial charge in [-0.3, -0.25) is 0 Å². The molecule has 0 radical (unpaired) electrons. The van der Waals surface area contributed by atoms with E-state index in [1.807, 2.05) is 78.9 Å². The van der Waals surface area contributed by atoms with Gasteiger partial charge in [0, 0.05) is 16.7 Å². The zero-order valence-electron chi connectivity index (χ0n) is 27.9. The average Bonchev–Trinajstić information content (AvgIpc) is 3.32. The van der Waals surface area contributed by atoms with E-state index >= 15 is 0 Å². The van der Waals surface area contributed by atoms with Crippen molar-refractivity contribution >= 4 is 9.84 Å². The maximum absolute atomic E-state index is 14.5. The summed E-state index contributed by atoms with van der Waals surface area (Å²) in [5.41, 5.74) is 11.2. The van der Waals surface area contributed by atoms with E-state index in [9.17, 15) is 8.42 Å². The molecule has 2 heterocycles. The second kappa shape index (κ2) is 11.6. The van der Waals surface area contributed by atoms with Crippen molar-refractivity contribution < 1.29 is 8.42 Å². The number of rotatable bonds is 3. The van der Waals surface area contributed by atoms with Crippen molar-refractivity contribution in [3.05, 3.63) is 204 Å². The molecule has 10 rings (SSSR count). The van der Waals surface area contributed by atoms with Gasteiger partial charge < -0.3 is 0 Å². The van der Waals surface area contributed by atoms with E-state index in [0.717, 1.165) is 72.6 Å². The number of aromatic nitrogens is 2. The maximum atomic E-state index is 14.5. The normalized spacial score (nSPS) is 14.2. The summed E-state index contributed by atoms with van der Waals surface area (Å²) in [4.78, 5) is 11.0. The smallest absolute Gasteiger partial charge is 0.207 e. The third-order valence-electron chi connectivity index (χ3n) is 10.5. The maximum Gasteiger partial charge on any atom is 0.207 e. The summed E-state index contributed by atoms with van der Waals surface area (Å²) in [5, 5.41) is 0. The Bertz CT molecular complexity index is 2700. The van der Waals surface area contributed by atoms with Crippen LogP contribution >= 0.6 is 0 Å². The van der Waals surface area contributed by atoms with Crippen LogP contribution < -0.4 is 0 Å². The van der Waals surface area contributed by atoms with E-state index in [1.54, 1.807) is 12.1 Å². The first-order valence-electron chi connectivity index (χ1n) is 17.3. The van der Waals surface area contributed by atoms with Crippen molar-refractivity contribution in [1.82, 2.24) is 9.97 Å². The van der Waals surface area contributed by atoms with Crippen LogP contribution in [0.2, 0.25) is 0 Å². The minimum absolute atomic E-state index is 0.319. The number of hydrogen-bond donors (Lipinski definition) is 0. The first kappa shape index (κ1) is 30.4. The van der Waals surface area contributed by atoms with Gasteiger partial charge in [-0.1, -0.05) is 158 Å². The van der Waals surface area contributed by atoms with E-state index in [1.165, 1.54) is 0 Å². The molecule has 2 aliphatic rings. The Labute approximate surface area is 302 Å². The molecule has 0 saturated heterocycles. The zero-order chi connectivity index (χ0) is 34.9. The van der Waals surface area contributed by atoms with Gasteiger partial charge in [0.05, 0.1) is 26.6 Å². The molecule has 0 fully saturated rings. The number of benzene rings is 7. The van der Waals surface area contributed by atoms with Crippen molar-refractivity contribution in [2.45, 2.75) is 15.2 Å². The molecule has 246 valence electrons. The number of hydrogen-bond acceptors (Lipinski definition) is 4. The molecule has 0 saturated carbocycles. The molecular weight excluding hydrogens is 657 g/mol. The van der Waals surface area contributed by atoms with E-state index in [-0.39, 0.29) is 0 Å². The van der Waals surface area contributed by atoms with Crippen molar-refractivity contribution in [3.63, 3.8) is 0 Å². The fraction of sp³-hybridized carbons (Fsp3) is 0.0213. The first-order valence-corrected chi connectivity index (χ1v) is 18.8. The second-order valence-electron chi connectivity index (χ2n) is 13.3. The summed E-state index contributed by atoms with van der Waals surface area (Å²) in [6, 6.07) is 60.9. The fourth-order valence-corrected chi connectivity index (χ4v) is 10.1. The average molecular weight is 687 g/mol. The van der Waals surface area contributed by atoms with Crippen molar-refractivity contribution in [2.24, 2.45) is 0 Å². The van der Waals surface area contributed by atoms with Gasteiger partial charge in [0.15, 0.2) is 5.82 Å². The molecule has 1 aliphatic heterocycles. The van der Waals surface area contributed by atoms with Gasteiger partial charge in [-0.25, -0.2) is 18.4 Å². The minimum Gasteiger partial charge on any atom is -0.228 e. The molecule has 7 aromatic carbocycles. The highest BCUT2D eigenvalue weighted by atomic mass is 32.2. The van der Waals surface area contributed by atoms with Crippen LogP contribution in [0.1, 0.15) is 22.3 Å². The number of fused-ring (bicyclic) bond motifs is 11. The lowest BCUT2D eigenvalue weighted by molar-refractivity contribution is 0.579. The van der Waals surface area contributed by atoms with Crippen LogP contribution in [-0.4, -0.2) is 18.4 Å². The van der Waals surface area contributed by atoms with E-state index < -0.39 is 15.3 Å². The molecule has 8 aromatic rings. The van der Waals surface area contributed by atoms with Crippen LogP contribution in [-0.2, 0) is 15.3 Å². The standard InChI is InChI=1S/C47H30N2O2S/c50-52(51)44-25-13-11-23-39(44)47(40-24-12-14-26-45(40)52)38-22-10-9-21-36(38)34-19-7-8-20-35(34)37-28-27-33(29-41(37)47)46-48-42(31-15-3-1-4-16-31)30-43(49-46)32-17-5-2-6-18-32/h1-30H. The summed E-state index contributed by atoms with van der Waals surface area (Å²) in [6.07, 6.45) is 0. The molecule has 1 aliphatic carbocycles. The third kappa shape index (κ3) is 4.36. The van der Waals surface area contributed by atoms with Crippen LogP contribution in [0.5, 0.6) is 0 Å². The summed E-state index contributed by atoms with van der Waals surface area (Å²) in [6.45, 7) is 0. The Morgan fingerprint density at radius 3 is 1.37 bits per heavy atom. The van der Waals surface area contributed by atoms with Gasteiger partial charge in [-0.05, 0) is 68.8 Å². The lowest BCUT2D eigenvalue weighted by atomic mass is 9.63. The lowest BCUT2D eigenvalue weighted by Gasteiger charge is -2.42. The molecule has 5 heteroatoms. The third-order valence-corrected chi connectivity index (χ3v) is 12.4. The molecule has 1 aromatic heterocycles. The lowest BCUT2D eigenvalue weighted by Crippen LogP contribution is -2.38. The van der Waals surface area contributed by atoms with Crippen molar-refractivity contribution in [3.8, 4) is 56.2 Å². The van der Waals surface area contributed by atoms with Gasteiger partial charge in [0.2, 0.25) is 9.84 Å². The molecule has 0 amide bonds. The van der Waals surface area contributed by atoms with Gasteiger partial charge in [0.25, 0.3) is 0 Å². The molecule has 0 bridgehead atoms. The van der Waals surface area contributed by atoms with E-state index in [0.29, 0.717) is 15.6 Å². The minimum atomic E-state index is -3.82. The first-order chi connectivity index (χ1) is 25.5. The molecule has 0 atom stereocenters. The van der Waals surface area contributed by atoms with Gasteiger partial charge in [-0.15, -0.1) is 0 Å². The second-order valence-corrected chi connectivity index (χ2v) is 15.2. The Hall–Kier alpha value is -6.43. The summed E-state index contributed by atoms with van der Waals surface area (Å²) >= 11 is 0. The summed E-state index contributed by atoms with van der Waals surface area (Å²) in [5.74, 6) is 0.592. The van der Waals surface area contributed by atoms with E-state index in [4.69, 9.17) is 9.97 Å². The molecule has 52 heavy (non-hydrogen) atoms. The molecule has 1 spiro atoms. The molecule has 0 N–H and O–H groups in total. The Balaban J connectivity index is 1.35. The highest BCUT2D eigenvalue weighted by molar-refractivity contribution is 7.91. The summed E-state index contributed by atoms with van der Waals surface area (Å²) < 4.78 is 28.9. The van der Waals surface area contributed by atoms with Crippen LogP contribution in [0, 0.1) is 0 Å². The molecule has 4 nitrogen and oxygen atoms in total. The molecular formula is C47H30N2O2S. The van der Waals surface area contributed by atoms with Crippen LogP contribution in [0.3, 0.4) is 0 Å². The SMILES string of the molecule is O=S1(=O)c2ccccc2C2(c3ccccc3-c3ccccc3-c3ccc(-c4nc(-c5ccccc5)cc(-c5ccccc5)n4)cc32)c2ccccc21. The van der Waals surface area contributed by atoms with Crippen molar-refractivity contribution in [1.29, 1.82) is 0 Å². The summed E-state index contributed by atoms with van der Waals surface area (Å²) in [7, 11) is -3.82. The van der Waals surface area contributed by atoms with E-state index in [2.05, 4.69) is 91.0 Å².